The Bertz CT molecular complexity index is 1340. The first-order chi connectivity index (χ1) is 15.4. The third kappa shape index (κ3) is 3.65. The molecule has 1 aliphatic rings. The number of hydrogen-bond donors (Lipinski definition) is 1. The lowest BCUT2D eigenvalue weighted by Crippen LogP contribution is -2.24. The Morgan fingerprint density at radius 1 is 1.16 bits per heavy atom. The Kier molecular flexibility index (Phi) is 5.38. The van der Waals surface area contributed by atoms with Crippen LogP contribution in [0.1, 0.15) is 54.1 Å². The van der Waals surface area contributed by atoms with Crippen LogP contribution < -0.4 is 4.74 Å². The number of thiophene rings is 1. The van der Waals surface area contributed by atoms with E-state index in [0.717, 1.165) is 35.3 Å². The lowest BCUT2D eigenvalue weighted by Gasteiger charge is -2.28. The number of carbonyl (C=O) groups is 1. The number of carboxylic acid groups (broad SMARTS) is 1. The molecule has 1 saturated carbocycles. The number of carboxylic acids is 1. The molecule has 4 aromatic rings. The molecule has 32 heavy (non-hydrogen) atoms. The zero-order chi connectivity index (χ0) is 22.4. The molecule has 2 atom stereocenters. The van der Waals surface area contributed by atoms with Crippen molar-refractivity contribution >= 4 is 38.3 Å². The summed E-state index contributed by atoms with van der Waals surface area (Å²) in [4.78, 5) is 18.4. The van der Waals surface area contributed by atoms with Crippen LogP contribution in [0.4, 0.5) is 0 Å². The van der Waals surface area contributed by atoms with Gasteiger partial charge in [0.15, 0.2) is 0 Å². The summed E-state index contributed by atoms with van der Waals surface area (Å²) in [5, 5.41) is 11.9. The molecule has 164 valence electrons. The summed E-state index contributed by atoms with van der Waals surface area (Å²) in [6.45, 7) is 6.32. The molecule has 0 bridgehead atoms. The highest BCUT2D eigenvalue weighted by Gasteiger charge is 2.24. The van der Waals surface area contributed by atoms with Crippen molar-refractivity contribution in [3.05, 3.63) is 59.2 Å². The highest BCUT2D eigenvalue weighted by Crippen LogP contribution is 2.41. The van der Waals surface area contributed by atoms with Crippen LogP contribution in [0.15, 0.2) is 42.5 Å². The number of rotatable bonds is 4. The van der Waals surface area contributed by atoms with Gasteiger partial charge in [0.1, 0.15) is 5.75 Å². The van der Waals surface area contributed by atoms with E-state index in [0.29, 0.717) is 28.3 Å². The number of hydrogen-bond acceptors (Lipinski definition) is 4. The van der Waals surface area contributed by atoms with Crippen molar-refractivity contribution in [2.45, 2.75) is 52.6 Å². The molecule has 2 aromatic heterocycles. The molecule has 2 heterocycles. The van der Waals surface area contributed by atoms with E-state index in [-0.39, 0.29) is 11.7 Å². The number of nitrogens with zero attached hydrogens (tertiary/aromatic N) is 1. The van der Waals surface area contributed by atoms with Crippen molar-refractivity contribution in [1.82, 2.24) is 4.98 Å². The summed E-state index contributed by atoms with van der Waals surface area (Å²) >= 11 is 1.66. The zero-order valence-electron chi connectivity index (χ0n) is 18.6. The Morgan fingerprint density at radius 2 is 1.97 bits per heavy atom. The van der Waals surface area contributed by atoms with Crippen molar-refractivity contribution in [3.8, 4) is 16.3 Å². The Labute approximate surface area is 191 Å². The van der Waals surface area contributed by atoms with Gasteiger partial charge in [0.2, 0.25) is 0 Å². The molecule has 0 amide bonds. The van der Waals surface area contributed by atoms with Gasteiger partial charge >= 0.3 is 5.97 Å². The molecule has 4 nitrogen and oxygen atoms in total. The first-order valence-electron chi connectivity index (χ1n) is 11.2. The minimum absolute atomic E-state index is 0.121. The van der Waals surface area contributed by atoms with Crippen molar-refractivity contribution in [1.29, 1.82) is 0 Å². The minimum atomic E-state index is -0.954. The van der Waals surface area contributed by atoms with Crippen LogP contribution in [0.25, 0.3) is 31.6 Å². The molecule has 0 unspecified atom stereocenters. The fourth-order valence-electron chi connectivity index (χ4n) is 4.91. The van der Waals surface area contributed by atoms with E-state index in [9.17, 15) is 9.90 Å². The average Bonchev–Trinajstić information content (AvgIpc) is 3.12. The molecule has 0 radical (unpaired) electrons. The molecule has 1 aliphatic carbocycles. The van der Waals surface area contributed by atoms with Crippen LogP contribution >= 0.6 is 11.3 Å². The van der Waals surface area contributed by atoms with Crippen molar-refractivity contribution in [2.75, 3.05) is 0 Å². The quantitative estimate of drug-likeness (QED) is 0.356. The van der Waals surface area contributed by atoms with Crippen LogP contribution in [0.2, 0.25) is 0 Å². The molecule has 2 aromatic carbocycles. The lowest BCUT2D eigenvalue weighted by molar-refractivity contribution is 0.0698. The molecule has 0 spiro atoms. The predicted molar refractivity (Wildman–Crippen MR) is 131 cm³/mol. The van der Waals surface area contributed by atoms with E-state index in [2.05, 4.69) is 26.0 Å². The van der Waals surface area contributed by atoms with Gasteiger partial charge in [0.25, 0.3) is 0 Å². The Morgan fingerprint density at radius 3 is 2.72 bits per heavy atom. The number of ether oxygens (including phenoxy) is 1. The van der Waals surface area contributed by atoms with E-state index < -0.39 is 5.97 Å². The number of fused-ring (bicyclic) bond motifs is 2. The summed E-state index contributed by atoms with van der Waals surface area (Å²) in [6, 6.07) is 13.9. The van der Waals surface area contributed by atoms with Crippen LogP contribution in [-0.2, 0) is 0 Å². The summed E-state index contributed by atoms with van der Waals surface area (Å²) in [6.07, 6.45) is 4.51. The van der Waals surface area contributed by atoms with E-state index in [1.807, 2.05) is 31.2 Å². The van der Waals surface area contributed by atoms with Crippen LogP contribution in [0, 0.1) is 19.8 Å². The monoisotopic (exact) mass is 445 g/mol. The molecule has 5 rings (SSSR count). The maximum absolute atomic E-state index is 12.4. The molecule has 5 heteroatoms. The van der Waals surface area contributed by atoms with Gasteiger partial charge < -0.3 is 9.84 Å². The normalized spacial score (nSPS) is 18.8. The second-order valence-corrected chi connectivity index (χ2v) is 10.1. The van der Waals surface area contributed by atoms with Crippen molar-refractivity contribution in [2.24, 2.45) is 5.92 Å². The number of aryl methyl sites for hydroxylation is 2. The topological polar surface area (TPSA) is 59.4 Å². The lowest BCUT2D eigenvalue weighted by atomic mass is 9.88. The maximum atomic E-state index is 12.4. The molecular weight excluding hydrogens is 418 g/mol. The minimum Gasteiger partial charge on any atom is -0.490 e. The molecular formula is C27H27NO3S. The molecule has 0 aliphatic heterocycles. The van der Waals surface area contributed by atoms with E-state index in [4.69, 9.17) is 9.72 Å². The Hall–Kier alpha value is -2.92. The predicted octanol–water partition coefficient (Wildman–Crippen LogP) is 7.39. The summed E-state index contributed by atoms with van der Waals surface area (Å²) in [5.74, 6) is 0.309. The smallest absolute Gasteiger partial charge is 0.336 e. The fraction of sp³-hybridized carbons (Fsp3) is 0.333. The van der Waals surface area contributed by atoms with Crippen molar-refractivity contribution < 1.29 is 14.6 Å². The number of aromatic nitrogens is 1. The van der Waals surface area contributed by atoms with Crippen LogP contribution in [0.3, 0.4) is 0 Å². The summed E-state index contributed by atoms with van der Waals surface area (Å²) in [5.41, 5.74) is 3.75. The standard InChI is InChI=1S/C27H27NO3S/c1-15-7-6-8-18(13-15)31-22-12-11-16(2)25-24(22)20(27(29)30)14-21(28-25)26-17(3)19-9-4-5-10-23(19)32-26/h4-5,9-12,14-15,18H,6-8,13H2,1-3H3,(H,29,30)/t15-,18-/m0/s1. The first-order valence-corrected chi connectivity index (χ1v) is 12.1. The van der Waals surface area contributed by atoms with Gasteiger partial charge in [0.05, 0.1) is 33.1 Å². The highest BCUT2D eigenvalue weighted by atomic mass is 32.1. The SMILES string of the molecule is Cc1c(-c2cc(C(=O)O)c3c(O[C@H]4CCC[C@H](C)C4)ccc(C)c3n2)sc2ccccc12. The first kappa shape index (κ1) is 21.0. The highest BCUT2D eigenvalue weighted by molar-refractivity contribution is 7.22. The third-order valence-corrected chi connectivity index (χ3v) is 7.91. The summed E-state index contributed by atoms with van der Waals surface area (Å²) in [7, 11) is 0. The van der Waals surface area contributed by atoms with Gasteiger partial charge in [-0.1, -0.05) is 37.6 Å². The van der Waals surface area contributed by atoms with Crippen LogP contribution in [0.5, 0.6) is 5.75 Å². The van der Waals surface area contributed by atoms with Crippen molar-refractivity contribution in [3.63, 3.8) is 0 Å². The number of aromatic carboxylic acids is 1. The third-order valence-electron chi connectivity index (χ3n) is 6.61. The van der Waals surface area contributed by atoms with Crippen LogP contribution in [-0.4, -0.2) is 22.2 Å². The van der Waals surface area contributed by atoms with Gasteiger partial charge in [-0.25, -0.2) is 9.78 Å². The number of benzene rings is 2. The van der Waals surface area contributed by atoms with Gasteiger partial charge in [0, 0.05) is 4.70 Å². The average molecular weight is 446 g/mol. The Balaban J connectivity index is 1.68. The van der Waals surface area contributed by atoms with Gasteiger partial charge in [-0.2, -0.15) is 0 Å². The summed E-state index contributed by atoms with van der Waals surface area (Å²) < 4.78 is 7.58. The zero-order valence-corrected chi connectivity index (χ0v) is 19.5. The van der Waals surface area contributed by atoms with E-state index in [1.54, 1.807) is 17.4 Å². The second-order valence-electron chi connectivity index (χ2n) is 9.03. The fourth-order valence-corrected chi connectivity index (χ4v) is 6.08. The van der Waals surface area contributed by atoms with Gasteiger partial charge in [-0.05, 0) is 73.7 Å². The van der Waals surface area contributed by atoms with Gasteiger partial charge in [-0.15, -0.1) is 11.3 Å². The number of pyridine rings is 1. The van der Waals surface area contributed by atoms with E-state index >= 15 is 0 Å². The maximum Gasteiger partial charge on any atom is 0.336 e. The molecule has 0 saturated heterocycles. The second kappa shape index (κ2) is 8.21. The van der Waals surface area contributed by atoms with E-state index in [1.165, 1.54) is 16.5 Å². The molecule has 1 N–H and O–H groups in total. The molecule has 1 fully saturated rings. The van der Waals surface area contributed by atoms with Gasteiger partial charge in [-0.3, -0.25) is 0 Å². The largest absolute Gasteiger partial charge is 0.490 e.